The summed E-state index contributed by atoms with van der Waals surface area (Å²) in [6.07, 6.45) is 3.39. The fourth-order valence-electron chi connectivity index (χ4n) is 4.44. The third-order valence-corrected chi connectivity index (χ3v) is 6.62. The average Bonchev–Trinajstić information content (AvgIpc) is 2.92. The molecule has 10 heteroatoms. The number of benzene rings is 2. The maximum atomic E-state index is 12.9. The quantitative estimate of drug-likeness (QED) is 0.295. The van der Waals surface area contributed by atoms with Crippen LogP contribution in [0.2, 0.25) is 0 Å². The van der Waals surface area contributed by atoms with Crippen molar-refractivity contribution in [2.24, 2.45) is 5.73 Å². The predicted molar refractivity (Wildman–Crippen MR) is 155 cm³/mol. The average molecular weight is 570 g/mol. The van der Waals surface area contributed by atoms with Crippen LogP contribution in [0.3, 0.4) is 0 Å². The molecule has 8 nitrogen and oxygen atoms in total. The van der Waals surface area contributed by atoms with Crippen molar-refractivity contribution in [3.05, 3.63) is 65.7 Å². The van der Waals surface area contributed by atoms with Gasteiger partial charge in [-0.2, -0.15) is 0 Å². The van der Waals surface area contributed by atoms with Gasteiger partial charge in [-0.25, -0.2) is 0 Å². The summed E-state index contributed by atoms with van der Waals surface area (Å²) in [5, 5.41) is 17.2. The highest BCUT2D eigenvalue weighted by atomic mass is 35.5. The number of nitrogens with one attached hydrogen (secondary N) is 2. The fraction of sp³-hybridized carbons (Fsp3) is 0.500. The topological polar surface area (TPSA) is 117 Å². The van der Waals surface area contributed by atoms with Crippen molar-refractivity contribution in [3.8, 4) is 5.75 Å². The number of hydrogen-bond acceptors (Lipinski definition) is 6. The number of piperidine rings is 1. The summed E-state index contributed by atoms with van der Waals surface area (Å²) in [6.45, 7) is 2.42. The Morgan fingerprint density at radius 2 is 1.71 bits per heavy atom. The Hall–Kier alpha value is -2.36. The van der Waals surface area contributed by atoms with Crippen molar-refractivity contribution in [1.82, 2.24) is 15.5 Å². The molecule has 3 rings (SSSR count). The maximum Gasteiger partial charge on any atom is 0.237 e. The molecule has 1 fully saturated rings. The summed E-state index contributed by atoms with van der Waals surface area (Å²) in [6, 6.07) is 16.1. The predicted octanol–water partition coefficient (Wildman–Crippen LogP) is 2.84. The molecule has 2 aromatic rings. The van der Waals surface area contributed by atoms with E-state index in [1.807, 2.05) is 59.5 Å². The van der Waals surface area contributed by atoms with Crippen molar-refractivity contribution in [2.45, 2.75) is 63.3 Å². The lowest BCUT2D eigenvalue weighted by molar-refractivity contribution is -0.132. The van der Waals surface area contributed by atoms with Crippen LogP contribution in [-0.4, -0.2) is 66.8 Å². The number of amides is 2. The van der Waals surface area contributed by atoms with E-state index in [9.17, 15) is 14.7 Å². The molecule has 0 unspecified atom stereocenters. The molecule has 3 atom stereocenters. The summed E-state index contributed by atoms with van der Waals surface area (Å²) < 4.78 is 5.26. The highest BCUT2D eigenvalue weighted by molar-refractivity contribution is 5.85. The second-order valence-corrected chi connectivity index (χ2v) is 9.44. The lowest BCUT2D eigenvalue weighted by Crippen LogP contribution is -2.53. The molecule has 1 aliphatic rings. The van der Waals surface area contributed by atoms with Gasteiger partial charge < -0.3 is 31.1 Å². The number of aliphatic hydroxyl groups is 1. The van der Waals surface area contributed by atoms with E-state index in [4.69, 9.17) is 10.5 Å². The standard InChI is InChI=1S/C28H40N4O4.2ClH/c1-36-23-12-8-11-22(17-23)19-30-20-26(33)25(18-21-9-4-2-5-10-21)31-28(35)24(29)13-14-27(34)32-15-6-3-7-16-32;;/h2,4-5,8-12,17,24-26,30,33H,3,6-7,13-16,18-20,29H2,1H3,(H,31,35);2*1H/t24-,25+,26-;;/m1../s1. The molecule has 2 aromatic carbocycles. The van der Waals surface area contributed by atoms with Crippen LogP contribution in [0.15, 0.2) is 54.6 Å². The molecular formula is C28H42Cl2N4O4. The SMILES string of the molecule is COc1cccc(CNC[C@@H](O)[C@H](Cc2ccccc2)NC(=O)[C@H](N)CCC(=O)N2CCCCC2)c1.Cl.Cl. The molecule has 0 bridgehead atoms. The maximum absolute atomic E-state index is 12.9. The van der Waals surface area contributed by atoms with Crippen LogP contribution in [0.1, 0.15) is 43.2 Å². The lowest BCUT2D eigenvalue weighted by atomic mass is 10.00. The van der Waals surface area contributed by atoms with Crippen LogP contribution in [0.25, 0.3) is 0 Å². The van der Waals surface area contributed by atoms with E-state index in [2.05, 4.69) is 10.6 Å². The molecule has 0 aromatic heterocycles. The normalized spacial score (nSPS) is 15.3. The van der Waals surface area contributed by atoms with Crippen LogP contribution in [0, 0.1) is 0 Å². The van der Waals surface area contributed by atoms with E-state index >= 15 is 0 Å². The fourth-order valence-corrected chi connectivity index (χ4v) is 4.44. The number of rotatable bonds is 13. The largest absolute Gasteiger partial charge is 0.497 e. The Labute approximate surface area is 238 Å². The molecule has 1 aliphatic heterocycles. The van der Waals surface area contributed by atoms with Crippen LogP contribution >= 0.6 is 24.8 Å². The molecule has 0 radical (unpaired) electrons. The number of halogens is 2. The first-order valence-electron chi connectivity index (χ1n) is 12.9. The van der Waals surface area contributed by atoms with Gasteiger partial charge in [-0.3, -0.25) is 9.59 Å². The first-order valence-corrected chi connectivity index (χ1v) is 12.9. The Bertz CT molecular complexity index is 961. The number of likely N-dealkylation sites (tertiary alicyclic amines) is 1. The van der Waals surface area contributed by atoms with Crippen LogP contribution in [0.5, 0.6) is 5.75 Å². The number of hydrogen-bond donors (Lipinski definition) is 4. The van der Waals surface area contributed by atoms with Gasteiger partial charge >= 0.3 is 0 Å². The van der Waals surface area contributed by atoms with E-state index in [0.29, 0.717) is 13.0 Å². The number of nitrogens with zero attached hydrogens (tertiary/aromatic N) is 1. The monoisotopic (exact) mass is 568 g/mol. The second kappa shape index (κ2) is 18.0. The van der Waals surface area contributed by atoms with Gasteiger partial charge in [-0.15, -0.1) is 24.8 Å². The molecule has 0 spiro atoms. The van der Waals surface area contributed by atoms with E-state index in [-0.39, 0.29) is 56.0 Å². The first kappa shape index (κ1) is 33.7. The summed E-state index contributed by atoms with van der Waals surface area (Å²) in [5.41, 5.74) is 8.18. The van der Waals surface area contributed by atoms with Gasteiger partial charge in [0, 0.05) is 32.6 Å². The van der Waals surface area contributed by atoms with Crippen LogP contribution in [0.4, 0.5) is 0 Å². The van der Waals surface area contributed by atoms with Gasteiger partial charge in [-0.1, -0.05) is 42.5 Å². The molecule has 1 saturated heterocycles. The van der Waals surface area contributed by atoms with Gasteiger partial charge in [0.15, 0.2) is 0 Å². The summed E-state index contributed by atoms with van der Waals surface area (Å²) in [5.74, 6) is 0.478. The lowest BCUT2D eigenvalue weighted by Gasteiger charge is -2.28. The third kappa shape index (κ3) is 11.2. The Morgan fingerprint density at radius 1 is 1.03 bits per heavy atom. The van der Waals surface area contributed by atoms with Gasteiger partial charge in [0.1, 0.15) is 5.75 Å². The highest BCUT2D eigenvalue weighted by Crippen LogP contribution is 2.13. The minimum Gasteiger partial charge on any atom is -0.497 e. The summed E-state index contributed by atoms with van der Waals surface area (Å²) in [4.78, 5) is 27.2. The smallest absolute Gasteiger partial charge is 0.237 e. The number of ether oxygens (including phenoxy) is 1. The molecule has 212 valence electrons. The number of carbonyl (C=O) groups is 2. The van der Waals surface area contributed by atoms with Crippen LogP contribution in [-0.2, 0) is 22.6 Å². The van der Waals surface area contributed by atoms with Gasteiger partial charge in [-0.05, 0) is 55.4 Å². The zero-order valence-electron chi connectivity index (χ0n) is 22.0. The van der Waals surface area contributed by atoms with E-state index < -0.39 is 18.2 Å². The van der Waals surface area contributed by atoms with E-state index in [1.165, 1.54) is 0 Å². The minimum atomic E-state index is -0.832. The molecule has 1 heterocycles. The van der Waals surface area contributed by atoms with Crippen LogP contribution < -0.4 is 21.1 Å². The van der Waals surface area contributed by atoms with Gasteiger partial charge in [0.25, 0.3) is 0 Å². The zero-order chi connectivity index (χ0) is 25.8. The Balaban J connectivity index is 0.00000361. The molecule has 0 aliphatic carbocycles. The molecular weight excluding hydrogens is 527 g/mol. The van der Waals surface area contributed by atoms with E-state index in [1.54, 1.807) is 7.11 Å². The van der Waals surface area contributed by atoms with Crippen molar-refractivity contribution in [2.75, 3.05) is 26.7 Å². The van der Waals surface area contributed by atoms with E-state index in [0.717, 1.165) is 49.2 Å². The second-order valence-electron chi connectivity index (χ2n) is 9.44. The molecule has 2 amide bonds. The number of aliphatic hydroxyl groups excluding tert-OH is 1. The number of nitrogens with two attached hydrogens (primary N) is 1. The van der Waals surface area contributed by atoms with Crippen molar-refractivity contribution in [3.63, 3.8) is 0 Å². The molecule has 38 heavy (non-hydrogen) atoms. The van der Waals surface area contributed by atoms with Gasteiger partial charge in [0.05, 0.1) is 25.3 Å². The first-order chi connectivity index (χ1) is 17.5. The van der Waals surface area contributed by atoms with Crippen molar-refractivity contribution < 1.29 is 19.4 Å². The Kier molecular flexibility index (Phi) is 16.0. The third-order valence-electron chi connectivity index (χ3n) is 6.62. The summed E-state index contributed by atoms with van der Waals surface area (Å²) >= 11 is 0. The van der Waals surface area contributed by atoms with Gasteiger partial charge in [0.2, 0.25) is 11.8 Å². The van der Waals surface area contributed by atoms with Crippen molar-refractivity contribution >= 4 is 36.6 Å². The number of carbonyl (C=O) groups excluding carboxylic acids is 2. The Morgan fingerprint density at radius 3 is 2.39 bits per heavy atom. The highest BCUT2D eigenvalue weighted by Gasteiger charge is 2.25. The minimum absolute atomic E-state index is 0. The molecule has 0 saturated carbocycles. The molecule has 5 N–H and O–H groups in total. The number of methoxy groups -OCH3 is 1. The summed E-state index contributed by atoms with van der Waals surface area (Å²) in [7, 11) is 1.63. The van der Waals surface area contributed by atoms with Crippen molar-refractivity contribution in [1.29, 1.82) is 0 Å². The zero-order valence-corrected chi connectivity index (χ0v) is 23.6.